The van der Waals surface area contributed by atoms with Crippen LogP contribution in [0.15, 0.2) is 137 Å². The number of nitrogens with zero attached hydrogens (tertiary/aromatic N) is 5. The van der Waals surface area contributed by atoms with E-state index in [4.69, 9.17) is 10.2 Å². The van der Waals surface area contributed by atoms with Crippen molar-refractivity contribution in [3.8, 4) is 0 Å². The van der Waals surface area contributed by atoms with Gasteiger partial charge in [-0.2, -0.15) is 10.2 Å². The number of hydrogen-bond donors (Lipinski definition) is 1. The number of anilines is 1. The van der Waals surface area contributed by atoms with Gasteiger partial charge in [-0.25, -0.2) is 4.57 Å². The summed E-state index contributed by atoms with van der Waals surface area (Å²) in [7, 11) is 3.98. The second kappa shape index (κ2) is 15.3. The van der Waals surface area contributed by atoms with Crippen molar-refractivity contribution in [2.45, 2.75) is 46.7 Å². The molecule has 0 saturated heterocycles. The van der Waals surface area contributed by atoms with E-state index in [1.165, 1.54) is 11.1 Å². The Balaban J connectivity index is 1.35. The number of likely N-dealkylation sites (N-methyl/N-ethyl adjacent to an activating group) is 1. The maximum atomic E-state index is 4.79. The summed E-state index contributed by atoms with van der Waals surface area (Å²) < 4.78 is 2.21. The van der Waals surface area contributed by atoms with E-state index >= 15 is 0 Å². The molecule has 1 aliphatic carbocycles. The van der Waals surface area contributed by atoms with Gasteiger partial charge in [-0.3, -0.25) is 10.0 Å². The number of allylic oxidation sites excluding steroid dienone is 6. The predicted molar refractivity (Wildman–Crippen MR) is 176 cm³/mol. The molecular formula is C36H43N6+. The van der Waals surface area contributed by atoms with Gasteiger partial charge in [0.1, 0.15) is 0 Å². The van der Waals surface area contributed by atoms with Crippen LogP contribution in [0.1, 0.15) is 50.3 Å². The summed E-state index contributed by atoms with van der Waals surface area (Å²) in [5, 5.41) is 16.9. The van der Waals surface area contributed by atoms with E-state index in [-0.39, 0.29) is 0 Å². The Bertz CT molecular complexity index is 1490. The summed E-state index contributed by atoms with van der Waals surface area (Å²) in [5.41, 5.74) is 8.89. The Morgan fingerprint density at radius 1 is 0.881 bits per heavy atom. The molecule has 2 aromatic carbocycles. The molecule has 0 atom stereocenters. The highest BCUT2D eigenvalue weighted by Gasteiger charge is 2.10. The fourth-order valence-corrected chi connectivity index (χ4v) is 4.79. The lowest BCUT2D eigenvalue weighted by molar-refractivity contribution is -0.688. The first-order valence-electron chi connectivity index (χ1n) is 14.6. The van der Waals surface area contributed by atoms with Gasteiger partial charge in [0.2, 0.25) is 0 Å². The number of hydrogen-bond acceptors (Lipinski definition) is 5. The third kappa shape index (κ3) is 8.64. The number of rotatable bonds is 12. The summed E-state index contributed by atoms with van der Waals surface area (Å²) in [5.74, 6) is 0. The van der Waals surface area contributed by atoms with Gasteiger partial charge < -0.3 is 5.32 Å². The van der Waals surface area contributed by atoms with Gasteiger partial charge in [0.15, 0.2) is 18.9 Å². The average Bonchev–Trinajstić information content (AvgIpc) is 3.03. The maximum Gasteiger partial charge on any atom is 0.174 e. The first-order valence-corrected chi connectivity index (χ1v) is 14.6. The number of nitrogens with one attached hydrogen (secondary N) is 1. The molecule has 0 amide bonds. The van der Waals surface area contributed by atoms with Gasteiger partial charge in [0.25, 0.3) is 0 Å². The fraction of sp³-hybridized carbons (Fsp3) is 0.250. The van der Waals surface area contributed by atoms with E-state index in [1.54, 1.807) is 0 Å². The van der Waals surface area contributed by atoms with Gasteiger partial charge in [0, 0.05) is 43.9 Å². The number of para-hydroxylation sites is 1. The Hall–Kier alpha value is -4.71. The molecule has 42 heavy (non-hydrogen) atoms. The zero-order valence-electron chi connectivity index (χ0n) is 25.5. The van der Waals surface area contributed by atoms with Crippen LogP contribution in [-0.4, -0.2) is 30.5 Å². The molecule has 1 heterocycles. The molecule has 1 aliphatic rings. The van der Waals surface area contributed by atoms with Crippen molar-refractivity contribution >= 4 is 17.1 Å². The Kier molecular flexibility index (Phi) is 11.0. The molecule has 3 aromatic rings. The highest BCUT2D eigenvalue weighted by Crippen LogP contribution is 2.15. The van der Waals surface area contributed by atoms with Crippen LogP contribution in [0.25, 0.3) is 0 Å². The topological polar surface area (TPSA) is 47.1 Å². The van der Waals surface area contributed by atoms with Crippen molar-refractivity contribution in [1.29, 1.82) is 0 Å². The lowest BCUT2D eigenvalue weighted by Crippen LogP contribution is -2.34. The summed E-state index contributed by atoms with van der Waals surface area (Å²) >= 11 is 0. The van der Waals surface area contributed by atoms with Crippen LogP contribution < -0.4 is 14.9 Å². The second-order valence-corrected chi connectivity index (χ2v) is 10.3. The minimum Gasteiger partial charge on any atom is -0.387 e. The molecule has 0 aliphatic heterocycles. The van der Waals surface area contributed by atoms with Crippen molar-refractivity contribution < 1.29 is 4.57 Å². The molecule has 0 unspecified atom stereocenters. The highest BCUT2D eigenvalue weighted by molar-refractivity contribution is 6.01. The zero-order valence-corrected chi connectivity index (χ0v) is 25.5. The molecule has 6 nitrogen and oxygen atoms in total. The van der Waals surface area contributed by atoms with Gasteiger partial charge >= 0.3 is 0 Å². The summed E-state index contributed by atoms with van der Waals surface area (Å²) in [6, 6.07) is 23.0. The summed E-state index contributed by atoms with van der Waals surface area (Å²) in [6.45, 7) is 7.68. The Labute approximate surface area is 251 Å². The normalized spacial score (nSPS) is 14.2. The second-order valence-electron chi connectivity index (χ2n) is 10.3. The lowest BCUT2D eigenvalue weighted by atomic mass is 10.1. The summed E-state index contributed by atoms with van der Waals surface area (Å²) in [6.07, 6.45) is 19.2. The number of hydrazone groups is 2. The molecule has 0 saturated carbocycles. The van der Waals surface area contributed by atoms with E-state index in [9.17, 15) is 0 Å². The highest BCUT2D eigenvalue weighted by atomic mass is 15.4. The van der Waals surface area contributed by atoms with Crippen LogP contribution in [0.5, 0.6) is 0 Å². The third-order valence-electron chi connectivity index (χ3n) is 7.26. The van der Waals surface area contributed by atoms with E-state index < -0.39 is 0 Å². The van der Waals surface area contributed by atoms with Crippen LogP contribution in [0.3, 0.4) is 0 Å². The number of pyridine rings is 1. The van der Waals surface area contributed by atoms with E-state index in [2.05, 4.69) is 108 Å². The minimum atomic E-state index is 0.741. The Morgan fingerprint density at radius 2 is 1.60 bits per heavy atom. The van der Waals surface area contributed by atoms with Crippen LogP contribution in [-0.2, 0) is 13.1 Å². The molecule has 0 bridgehead atoms. The SMILES string of the molecule is C/C=C(\C=C/NCc1ccccc1C[n+]1ccc(/C(C)=N/N(C)C2=CCCC=C2)cc1)C(/C)=N/N(C)c1ccccc1. The molecule has 216 valence electrons. The van der Waals surface area contributed by atoms with Crippen molar-refractivity contribution in [2.24, 2.45) is 10.2 Å². The molecule has 4 rings (SSSR count). The minimum absolute atomic E-state index is 0.741. The molecule has 6 heteroatoms. The van der Waals surface area contributed by atoms with E-state index in [0.717, 1.165) is 59.9 Å². The van der Waals surface area contributed by atoms with Crippen molar-refractivity contribution in [1.82, 2.24) is 10.3 Å². The van der Waals surface area contributed by atoms with Crippen LogP contribution in [0.2, 0.25) is 0 Å². The smallest absolute Gasteiger partial charge is 0.174 e. The first-order chi connectivity index (χ1) is 20.4. The van der Waals surface area contributed by atoms with Crippen LogP contribution in [0, 0.1) is 0 Å². The van der Waals surface area contributed by atoms with E-state index in [1.807, 2.05) is 62.4 Å². The van der Waals surface area contributed by atoms with E-state index in [0.29, 0.717) is 0 Å². The van der Waals surface area contributed by atoms with Gasteiger partial charge in [0.05, 0.1) is 22.8 Å². The van der Waals surface area contributed by atoms with Crippen molar-refractivity contribution in [2.75, 3.05) is 19.1 Å². The Morgan fingerprint density at radius 3 is 2.29 bits per heavy atom. The first kappa shape index (κ1) is 30.3. The predicted octanol–water partition coefficient (Wildman–Crippen LogP) is 6.97. The maximum absolute atomic E-state index is 4.79. The fourth-order valence-electron chi connectivity index (χ4n) is 4.79. The summed E-state index contributed by atoms with van der Waals surface area (Å²) in [4.78, 5) is 0. The molecule has 0 fully saturated rings. The van der Waals surface area contributed by atoms with Gasteiger partial charge in [-0.15, -0.1) is 0 Å². The van der Waals surface area contributed by atoms with Gasteiger partial charge in [-0.05, 0) is 75.2 Å². The molecule has 1 N–H and O–H groups in total. The molecule has 1 aromatic heterocycles. The van der Waals surface area contributed by atoms with Crippen molar-refractivity contribution in [3.05, 3.63) is 144 Å². The van der Waals surface area contributed by atoms with Crippen molar-refractivity contribution in [3.63, 3.8) is 0 Å². The number of aromatic nitrogens is 1. The quantitative estimate of drug-likeness (QED) is 0.113. The number of benzene rings is 2. The molecular weight excluding hydrogens is 516 g/mol. The lowest BCUT2D eigenvalue weighted by Gasteiger charge is -2.17. The third-order valence-corrected chi connectivity index (χ3v) is 7.26. The van der Waals surface area contributed by atoms with Crippen LogP contribution >= 0.6 is 0 Å². The van der Waals surface area contributed by atoms with Gasteiger partial charge in [-0.1, -0.05) is 60.7 Å². The largest absolute Gasteiger partial charge is 0.387 e. The zero-order chi connectivity index (χ0) is 29.7. The standard InChI is InChI=1S/C36H43N6/c1-6-31(29(2)38-40(4)35-17-9-7-10-18-35)21-24-37-27-33-15-13-14-16-34(33)28-42-25-22-32(23-26-42)30(3)39-41(5)36-19-11-8-12-20-36/h6-7,9-11,13-26,37H,8,12,27-28H2,1-5H3/q+1/b24-21-,31-6+,38-29+. The molecule has 0 radical (unpaired) electrons. The average molecular weight is 560 g/mol. The molecule has 0 spiro atoms. The van der Waals surface area contributed by atoms with Crippen LogP contribution in [0.4, 0.5) is 5.69 Å². The monoisotopic (exact) mass is 559 g/mol.